The fraction of sp³-hybridized carbons (Fsp3) is 0.361. The van der Waals surface area contributed by atoms with E-state index in [-0.39, 0.29) is 18.9 Å². The average molecular weight is 742 g/mol. The van der Waals surface area contributed by atoms with E-state index in [1.54, 1.807) is 23.1 Å². The Morgan fingerprint density at radius 1 is 0.960 bits per heavy atom. The van der Waals surface area contributed by atoms with Gasteiger partial charge in [0.05, 0.1) is 43.3 Å². The van der Waals surface area contributed by atoms with E-state index in [1.807, 2.05) is 42.5 Å². The number of nitrogens with zero attached hydrogens (tertiary/aromatic N) is 2. The van der Waals surface area contributed by atoms with Crippen LogP contribution in [0.2, 0.25) is 5.02 Å². The van der Waals surface area contributed by atoms with Gasteiger partial charge in [0.25, 0.3) is 5.91 Å². The van der Waals surface area contributed by atoms with E-state index < -0.39 is 5.97 Å². The molecule has 266 valence electrons. The number of hydrogen-bond donors (Lipinski definition) is 2. The molecule has 2 aliphatic heterocycles. The number of methoxy groups -OCH3 is 1. The van der Waals surface area contributed by atoms with Crippen molar-refractivity contribution in [1.82, 2.24) is 9.80 Å². The van der Waals surface area contributed by atoms with E-state index in [1.165, 1.54) is 18.9 Å². The van der Waals surface area contributed by atoms with Crippen LogP contribution in [0.4, 0.5) is 0 Å². The van der Waals surface area contributed by atoms with Gasteiger partial charge in [-0.1, -0.05) is 53.8 Å². The highest BCUT2D eigenvalue weighted by molar-refractivity contribution is 8.26. The maximum Gasteiger partial charge on any atom is 0.307 e. The zero-order chi connectivity index (χ0) is 35.5. The average Bonchev–Trinajstić information content (AvgIpc) is 3.37. The summed E-state index contributed by atoms with van der Waals surface area (Å²) < 4.78 is 29.1. The Labute approximate surface area is 306 Å². The SMILES string of the molecule is COc1ccc(CC(=O)O)cc1OCCCN1C(=O)C(=Cc2cc(-c3ccc(OCCN)c(Cl)c3)ccc2OCCN2CCOCC2)SC1=S. The number of morpholine rings is 1. The molecule has 5 rings (SSSR count). The zero-order valence-electron chi connectivity index (χ0n) is 27.7. The van der Waals surface area contributed by atoms with Gasteiger partial charge in [0.2, 0.25) is 0 Å². The van der Waals surface area contributed by atoms with Crippen LogP contribution in [0.25, 0.3) is 17.2 Å². The molecule has 3 aromatic carbocycles. The second-order valence-corrected chi connectivity index (χ2v) is 13.5. The van der Waals surface area contributed by atoms with Crippen molar-refractivity contribution in [1.29, 1.82) is 0 Å². The number of thioether (sulfide) groups is 1. The minimum absolute atomic E-state index is 0.128. The number of benzene rings is 3. The largest absolute Gasteiger partial charge is 0.493 e. The molecule has 0 atom stereocenters. The molecule has 0 aliphatic carbocycles. The Balaban J connectivity index is 1.30. The molecule has 3 N–H and O–H groups in total. The lowest BCUT2D eigenvalue weighted by Gasteiger charge is -2.26. The van der Waals surface area contributed by atoms with Crippen molar-refractivity contribution >= 4 is 57.9 Å². The second kappa shape index (κ2) is 18.4. The van der Waals surface area contributed by atoms with Crippen molar-refractivity contribution < 1.29 is 38.4 Å². The van der Waals surface area contributed by atoms with Gasteiger partial charge in [0.1, 0.15) is 29.0 Å². The number of amides is 1. The van der Waals surface area contributed by atoms with Crippen LogP contribution < -0.4 is 24.7 Å². The van der Waals surface area contributed by atoms with Crippen molar-refractivity contribution in [3.63, 3.8) is 0 Å². The number of aliphatic carboxylic acids is 1. The zero-order valence-corrected chi connectivity index (χ0v) is 30.1. The summed E-state index contributed by atoms with van der Waals surface area (Å²) in [6, 6.07) is 16.4. The van der Waals surface area contributed by atoms with E-state index in [4.69, 9.17) is 58.3 Å². The van der Waals surface area contributed by atoms with Crippen molar-refractivity contribution in [2.45, 2.75) is 12.8 Å². The van der Waals surface area contributed by atoms with Gasteiger partial charge in [-0.05, 0) is 65.6 Å². The van der Waals surface area contributed by atoms with Gasteiger partial charge in [0, 0.05) is 38.3 Å². The van der Waals surface area contributed by atoms with E-state index in [9.17, 15) is 9.59 Å². The summed E-state index contributed by atoms with van der Waals surface area (Å²) in [5, 5.41) is 9.61. The first-order valence-corrected chi connectivity index (χ1v) is 17.8. The number of rotatable bonds is 17. The predicted molar refractivity (Wildman–Crippen MR) is 199 cm³/mol. The molecular formula is C36H40ClN3O8S2. The summed E-state index contributed by atoms with van der Waals surface area (Å²) in [4.78, 5) is 29.1. The number of carbonyl (C=O) groups is 2. The molecule has 2 saturated heterocycles. The van der Waals surface area contributed by atoms with Gasteiger partial charge in [0.15, 0.2) is 11.5 Å². The Hall–Kier alpha value is -3.85. The van der Waals surface area contributed by atoms with Gasteiger partial charge in [-0.3, -0.25) is 19.4 Å². The predicted octanol–water partition coefficient (Wildman–Crippen LogP) is 5.36. The molecule has 2 heterocycles. The Bertz CT molecular complexity index is 1720. The lowest BCUT2D eigenvalue weighted by atomic mass is 10.0. The van der Waals surface area contributed by atoms with Crippen LogP contribution in [-0.2, 0) is 20.7 Å². The van der Waals surface area contributed by atoms with Crippen LogP contribution in [0, 0.1) is 0 Å². The number of carboxylic acids is 1. The molecule has 2 fully saturated rings. The van der Waals surface area contributed by atoms with Gasteiger partial charge in [-0.15, -0.1) is 0 Å². The maximum atomic E-state index is 13.6. The quantitative estimate of drug-likeness (QED) is 0.105. The fourth-order valence-corrected chi connectivity index (χ4v) is 6.94. The summed E-state index contributed by atoms with van der Waals surface area (Å²) in [5.74, 6) is 1.01. The van der Waals surface area contributed by atoms with Gasteiger partial charge in [-0.25, -0.2) is 0 Å². The van der Waals surface area contributed by atoms with Crippen LogP contribution in [0.1, 0.15) is 17.5 Å². The molecule has 1 amide bonds. The number of nitrogens with two attached hydrogens (primary N) is 1. The van der Waals surface area contributed by atoms with Crippen LogP contribution >= 0.6 is 35.6 Å². The molecule has 0 unspecified atom stereocenters. The van der Waals surface area contributed by atoms with E-state index in [0.29, 0.717) is 88.7 Å². The first-order valence-electron chi connectivity index (χ1n) is 16.2. The first kappa shape index (κ1) is 37.4. The number of thiocarbonyl (C=S) groups is 1. The van der Waals surface area contributed by atoms with Gasteiger partial charge < -0.3 is 34.5 Å². The van der Waals surface area contributed by atoms with Gasteiger partial charge in [-0.2, -0.15) is 0 Å². The molecule has 11 nitrogen and oxygen atoms in total. The first-order chi connectivity index (χ1) is 24.2. The number of hydrogen-bond acceptors (Lipinski definition) is 11. The molecule has 14 heteroatoms. The molecule has 50 heavy (non-hydrogen) atoms. The summed E-state index contributed by atoms with van der Waals surface area (Å²) >= 11 is 13.4. The summed E-state index contributed by atoms with van der Waals surface area (Å²) in [6.07, 6.45) is 2.18. The van der Waals surface area contributed by atoms with Crippen molar-refractivity contribution in [3.8, 4) is 34.1 Å². The van der Waals surface area contributed by atoms with Crippen molar-refractivity contribution in [2.24, 2.45) is 5.73 Å². The maximum absolute atomic E-state index is 13.6. The van der Waals surface area contributed by atoms with Crippen LogP contribution in [0.3, 0.4) is 0 Å². The molecule has 0 radical (unpaired) electrons. The number of carboxylic acid groups (broad SMARTS) is 1. The normalized spacial score (nSPS) is 15.8. The number of carbonyl (C=O) groups excluding carboxylic acids is 1. The lowest BCUT2D eigenvalue weighted by Crippen LogP contribution is -2.38. The number of ether oxygens (including phenoxy) is 5. The number of halogens is 1. The second-order valence-electron chi connectivity index (χ2n) is 11.4. The third kappa shape index (κ3) is 10.1. The summed E-state index contributed by atoms with van der Waals surface area (Å²) in [5.41, 5.74) is 8.67. The van der Waals surface area contributed by atoms with Crippen molar-refractivity contribution in [2.75, 3.05) is 72.9 Å². The molecular weight excluding hydrogens is 702 g/mol. The smallest absolute Gasteiger partial charge is 0.307 e. The highest BCUT2D eigenvalue weighted by atomic mass is 35.5. The highest BCUT2D eigenvalue weighted by Gasteiger charge is 2.32. The topological polar surface area (TPSA) is 133 Å². The Kier molecular flexibility index (Phi) is 13.8. The fourth-order valence-electron chi connectivity index (χ4n) is 5.41. The molecule has 3 aromatic rings. The Morgan fingerprint density at radius 2 is 1.66 bits per heavy atom. The molecule has 0 spiro atoms. The van der Waals surface area contributed by atoms with Crippen molar-refractivity contribution in [3.05, 3.63) is 75.7 Å². The monoisotopic (exact) mass is 741 g/mol. The van der Waals surface area contributed by atoms with Crippen LogP contribution in [0.5, 0.6) is 23.0 Å². The minimum Gasteiger partial charge on any atom is -0.493 e. The summed E-state index contributed by atoms with van der Waals surface area (Å²) in [7, 11) is 1.52. The van der Waals surface area contributed by atoms with E-state index in [0.717, 1.165) is 36.3 Å². The third-order valence-corrected chi connectivity index (χ3v) is 9.62. The minimum atomic E-state index is -0.936. The molecule has 0 saturated carbocycles. The Morgan fingerprint density at radius 3 is 2.38 bits per heavy atom. The standard InChI is InChI=1S/C36H40ClN3O8S2/c1-44-31-6-3-24(20-34(41)42)19-32(31)46-14-2-10-40-35(43)33(50-36(40)49)23-27-21-25(26-5-8-30(28(37)22-26)47-15-9-38)4-7-29(27)48-18-13-39-11-16-45-17-12-39/h3-8,19,21-23H,2,9-18,20,38H2,1H3,(H,41,42). The highest BCUT2D eigenvalue weighted by Crippen LogP contribution is 2.37. The molecule has 0 aromatic heterocycles. The van der Waals surface area contributed by atoms with E-state index in [2.05, 4.69) is 4.90 Å². The third-order valence-electron chi connectivity index (χ3n) is 7.95. The molecule has 2 aliphatic rings. The van der Waals surface area contributed by atoms with Crippen LogP contribution in [0.15, 0.2) is 59.5 Å². The molecule has 0 bridgehead atoms. The van der Waals surface area contributed by atoms with Gasteiger partial charge >= 0.3 is 5.97 Å². The lowest BCUT2D eigenvalue weighted by molar-refractivity contribution is -0.136. The van der Waals surface area contributed by atoms with Crippen LogP contribution in [-0.4, -0.2) is 104 Å². The summed E-state index contributed by atoms with van der Waals surface area (Å²) in [6.45, 7) is 5.73. The van der Waals surface area contributed by atoms with E-state index >= 15 is 0 Å².